The first-order chi connectivity index (χ1) is 11.7. The molecule has 0 aromatic carbocycles. The highest BCUT2D eigenvalue weighted by atomic mass is 16.5. The molecule has 6 heteroatoms. The van der Waals surface area contributed by atoms with Gasteiger partial charge in [0.1, 0.15) is 0 Å². The molecule has 0 spiro atoms. The zero-order chi connectivity index (χ0) is 17.4. The van der Waals surface area contributed by atoms with Crippen molar-refractivity contribution in [2.45, 2.75) is 39.2 Å². The molecule has 140 valence electrons. The molecule has 0 aliphatic carbocycles. The molecule has 0 aromatic heterocycles. The van der Waals surface area contributed by atoms with Gasteiger partial charge in [-0.25, -0.2) is 0 Å². The number of carbonyl (C=O) groups is 1. The maximum atomic E-state index is 13.3. The van der Waals surface area contributed by atoms with Gasteiger partial charge < -0.3 is 19.7 Å². The van der Waals surface area contributed by atoms with Crippen LogP contribution >= 0.6 is 0 Å². The normalized spacial score (nSPS) is 25.0. The predicted octanol–water partition coefficient (Wildman–Crippen LogP) is 0.962. The summed E-state index contributed by atoms with van der Waals surface area (Å²) in [6.07, 6.45) is 2.82. The summed E-state index contributed by atoms with van der Waals surface area (Å²) in [6, 6.07) is 0.435. The smallest absolute Gasteiger partial charge is 0.231 e. The van der Waals surface area contributed by atoms with Crippen LogP contribution < -0.4 is 5.32 Å². The first-order valence-electron chi connectivity index (χ1n) is 9.47. The molecule has 0 aromatic rings. The first-order valence-corrected chi connectivity index (χ1v) is 9.47. The molecule has 1 amide bonds. The van der Waals surface area contributed by atoms with E-state index < -0.39 is 0 Å². The predicted molar refractivity (Wildman–Crippen MR) is 95.1 cm³/mol. The number of amides is 1. The molecule has 0 saturated carbocycles. The van der Waals surface area contributed by atoms with Crippen molar-refractivity contribution in [3.05, 3.63) is 0 Å². The topological polar surface area (TPSA) is 54.0 Å². The minimum absolute atomic E-state index is 0.300. The van der Waals surface area contributed by atoms with Gasteiger partial charge in [0.2, 0.25) is 5.91 Å². The molecular weight excluding hydrogens is 306 g/mol. The highest BCUT2D eigenvalue weighted by molar-refractivity contribution is 5.83. The first kappa shape index (κ1) is 19.6. The average Bonchev–Trinajstić information content (AvgIpc) is 2.62. The summed E-state index contributed by atoms with van der Waals surface area (Å²) in [6.45, 7) is 11.7. The highest BCUT2D eigenvalue weighted by Crippen LogP contribution is 2.32. The molecule has 1 unspecified atom stereocenters. The summed E-state index contributed by atoms with van der Waals surface area (Å²) < 4.78 is 10.9. The number of ether oxygens (including phenoxy) is 2. The number of methoxy groups -OCH3 is 1. The molecule has 0 radical (unpaired) electrons. The lowest BCUT2D eigenvalue weighted by atomic mass is 9.78. The Morgan fingerprint density at radius 1 is 1.25 bits per heavy atom. The van der Waals surface area contributed by atoms with E-state index in [-0.39, 0.29) is 5.41 Å². The van der Waals surface area contributed by atoms with Crippen LogP contribution in [0.1, 0.15) is 33.1 Å². The van der Waals surface area contributed by atoms with E-state index in [0.29, 0.717) is 18.6 Å². The average molecular weight is 341 g/mol. The van der Waals surface area contributed by atoms with Crippen LogP contribution in [0.5, 0.6) is 0 Å². The Labute approximate surface area is 146 Å². The molecule has 2 fully saturated rings. The maximum absolute atomic E-state index is 13.3. The van der Waals surface area contributed by atoms with Crippen LogP contribution in [0.2, 0.25) is 0 Å². The van der Waals surface area contributed by atoms with Gasteiger partial charge in [-0.05, 0) is 39.3 Å². The summed E-state index contributed by atoms with van der Waals surface area (Å²) in [5.41, 5.74) is -0.328. The van der Waals surface area contributed by atoms with E-state index in [1.165, 1.54) is 0 Å². The Morgan fingerprint density at radius 2 is 2.00 bits per heavy atom. The summed E-state index contributed by atoms with van der Waals surface area (Å²) in [5.74, 6) is 0.300. The molecule has 2 aliphatic heterocycles. The number of rotatable bonds is 8. The van der Waals surface area contributed by atoms with Crippen molar-refractivity contribution in [3.8, 4) is 0 Å². The van der Waals surface area contributed by atoms with Crippen LogP contribution in [0.15, 0.2) is 0 Å². The van der Waals surface area contributed by atoms with Crippen LogP contribution in [0.25, 0.3) is 0 Å². The van der Waals surface area contributed by atoms with Gasteiger partial charge in [-0.15, -0.1) is 0 Å². The summed E-state index contributed by atoms with van der Waals surface area (Å²) in [4.78, 5) is 17.8. The molecule has 2 aliphatic rings. The monoisotopic (exact) mass is 341 g/mol. The Bertz CT molecular complexity index is 380. The number of carbonyl (C=O) groups excluding carboxylic acids is 1. The largest absolute Gasteiger partial charge is 0.384 e. The maximum Gasteiger partial charge on any atom is 0.231 e. The Morgan fingerprint density at radius 3 is 2.62 bits per heavy atom. The number of nitrogens with zero attached hydrogens (tertiary/aromatic N) is 2. The van der Waals surface area contributed by atoms with Crippen LogP contribution in [0, 0.1) is 5.41 Å². The van der Waals surface area contributed by atoms with Crippen molar-refractivity contribution in [2.24, 2.45) is 5.41 Å². The third-order valence-corrected chi connectivity index (χ3v) is 5.53. The van der Waals surface area contributed by atoms with Crippen molar-refractivity contribution in [2.75, 3.05) is 66.2 Å². The molecule has 6 nitrogen and oxygen atoms in total. The lowest BCUT2D eigenvalue weighted by Crippen LogP contribution is -2.59. The molecule has 2 saturated heterocycles. The minimum Gasteiger partial charge on any atom is -0.384 e. The fourth-order valence-electron chi connectivity index (χ4n) is 4.02. The molecule has 1 atom stereocenters. The van der Waals surface area contributed by atoms with E-state index in [2.05, 4.69) is 22.0 Å². The Kier molecular flexibility index (Phi) is 7.94. The van der Waals surface area contributed by atoms with Crippen molar-refractivity contribution in [3.63, 3.8) is 0 Å². The van der Waals surface area contributed by atoms with Crippen molar-refractivity contribution >= 4 is 5.91 Å². The molecule has 24 heavy (non-hydrogen) atoms. The van der Waals surface area contributed by atoms with Crippen molar-refractivity contribution in [1.29, 1.82) is 0 Å². The van der Waals surface area contributed by atoms with Gasteiger partial charge in [-0.1, -0.05) is 6.92 Å². The third kappa shape index (κ3) is 4.69. The van der Waals surface area contributed by atoms with Crippen LogP contribution in [0.3, 0.4) is 0 Å². The van der Waals surface area contributed by atoms with E-state index in [0.717, 1.165) is 71.7 Å². The van der Waals surface area contributed by atoms with E-state index in [1.54, 1.807) is 7.11 Å². The molecular formula is C18H35N3O3. The number of hydrogen-bond donors (Lipinski definition) is 1. The molecule has 0 bridgehead atoms. The minimum atomic E-state index is -0.328. The second kappa shape index (κ2) is 9.70. The van der Waals surface area contributed by atoms with Crippen LogP contribution in [-0.4, -0.2) is 87.9 Å². The Hall–Kier alpha value is -0.690. The van der Waals surface area contributed by atoms with E-state index in [4.69, 9.17) is 9.47 Å². The second-order valence-electron chi connectivity index (χ2n) is 7.01. The third-order valence-electron chi connectivity index (χ3n) is 5.53. The fraction of sp³-hybridized carbons (Fsp3) is 0.944. The molecule has 1 N–H and O–H groups in total. The van der Waals surface area contributed by atoms with Gasteiger partial charge in [0.15, 0.2) is 0 Å². The van der Waals surface area contributed by atoms with E-state index in [9.17, 15) is 4.79 Å². The molecule has 2 heterocycles. The van der Waals surface area contributed by atoms with Gasteiger partial charge in [0.25, 0.3) is 0 Å². The van der Waals surface area contributed by atoms with E-state index >= 15 is 0 Å². The number of piperazine rings is 1. The van der Waals surface area contributed by atoms with Crippen LogP contribution in [-0.2, 0) is 14.3 Å². The fourth-order valence-corrected chi connectivity index (χ4v) is 4.02. The summed E-state index contributed by atoms with van der Waals surface area (Å²) >= 11 is 0. The second-order valence-corrected chi connectivity index (χ2v) is 7.01. The number of hydrogen-bond acceptors (Lipinski definition) is 5. The van der Waals surface area contributed by atoms with E-state index in [1.807, 2.05) is 6.92 Å². The zero-order valence-electron chi connectivity index (χ0n) is 15.7. The van der Waals surface area contributed by atoms with Crippen molar-refractivity contribution in [1.82, 2.24) is 15.1 Å². The summed E-state index contributed by atoms with van der Waals surface area (Å²) in [7, 11) is 1.71. The zero-order valence-corrected chi connectivity index (χ0v) is 15.7. The lowest BCUT2D eigenvalue weighted by Gasteiger charge is -2.45. The van der Waals surface area contributed by atoms with Gasteiger partial charge in [0.05, 0.1) is 18.6 Å². The van der Waals surface area contributed by atoms with Gasteiger partial charge in [-0.3, -0.25) is 9.69 Å². The number of nitrogens with one attached hydrogen (secondary N) is 1. The van der Waals surface area contributed by atoms with Gasteiger partial charge in [-0.2, -0.15) is 0 Å². The van der Waals surface area contributed by atoms with Crippen LogP contribution in [0.4, 0.5) is 0 Å². The summed E-state index contributed by atoms with van der Waals surface area (Å²) in [5, 5.41) is 3.36. The lowest BCUT2D eigenvalue weighted by molar-refractivity contribution is -0.151. The standard InChI is InChI=1S/C18H35N3O3/c1-4-16-14-21(11-10-20(16)12-13-24-5-2)17(22)18(15-23-3)6-8-19-9-7-18/h16,19H,4-15H2,1-3H3. The van der Waals surface area contributed by atoms with Gasteiger partial charge in [0, 0.05) is 45.9 Å². The molecule has 2 rings (SSSR count). The van der Waals surface area contributed by atoms with Gasteiger partial charge >= 0.3 is 0 Å². The number of piperidine rings is 1. The SMILES string of the molecule is CCOCCN1CCN(C(=O)C2(COC)CCNCC2)CC1CC. The van der Waals surface area contributed by atoms with Crippen molar-refractivity contribution < 1.29 is 14.3 Å². The Balaban J connectivity index is 1.97. The quantitative estimate of drug-likeness (QED) is 0.667. The highest BCUT2D eigenvalue weighted by Gasteiger charge is 2.43.